The molecule has 6 nitrogen and oxygen atoms in total. The Bertz CT molecular complexity index is 984. The summed E-state index contributed by atoms with van der Waals surface area (Å²) in [6, 6.07) is 8.90. The average Bonchev–Trinajstić information content (AvgIpc) is 3.14. The van der Waals surface area contributed by atoms with Crippen LogP contribution in [0.15, 0.2) is 35.9 Å². The number of ether oxygens (including phenoxy) is 2. The smallest absolute Gasteiger partial charge is 0.282 e. The van der Waals surface area contributed by atoms with Crippen molar-refractivity contribution in [1.82, 2.24) is 5.43 Å². The van der Waals surface area contributed by atoms with Crippen molar-refractivity contribution in [3.05, 3.63) is 57.6 Å². The van der Waals surface area contributed by atoms with Gasteiger partial charge in [-0.15, -0.1) is 0 Å². The number of benzene rings is 2. The zero-order chi connectivity index (χ0) is 18.4. The molecular formula is C19H15ClN2O4. The molecule has 0 unspecified atom stereocenters. The Kier molecular flexibility index (Phi) is 3.85. The summed E-state index contributed by atoms with van der Waals surface area (Å²) in [6.45, 7) is 3.97. The maximum absolute atomic E-state index is 12.8. The standard InChI is InChI=1S/C19H15ClN2O4/c1-10-3-4-15(11(2)5-10)22-19(24)13(18(23)21-22)6-12-7-16-17(8-14(12)20)26-9-25-16/h3-8H,9H2,1-2H3,(H,21,23). The van der Waals surface area contributed by atoms with E-state index >= 15 is 0 Å². The number of aryl methyl sites for hydroxylation is 2. The van der Waals surface area contributed by atoms with Crippen LogP contribution in [0.5, 0.6) is 11.5 Å². The number of amides is 2. The van der Waals surface area contributed by atoms with Gasteiger partial charge >= 0.3 is 0 Å². The number of rotatable bonds is 2. The van der Waals surface area contributed by atoms with Crippen LogP contribution >= 0.6 is 11.6 Å². The molecule has 4 rings (SSSR count). The van der Waals surface area contributed by atoms with E-state index in [2.05, 4.69) is 5.43 Å². The van der Waals surface area contributed by atoms with Crippen LogP contribution in [-0.4, -0.2) is 18.6 Å². The van der Waals surface area contributed by atoms with Gasteiger partial charge in [0.05, 0.1) is 10.7 Å². The highest BCUT2D eigenvalue weighted by Gasteiger charge is 2.35. The Morgan fingerprint density at radius 1 is 1.12 bits per heavy atom. The summed E-state index contributed by atoms with van der Waals surface area (Å²) < 4.78 is 10.6. The van der Waals surface area contributed by atoms with E-state index in [1.54, 1.807) is 18.2 Å². The second-order valence-corrected chi connectivity index (χ2v) is 6.56. The van der Waals surface area contributed by atoms with Crippen molar-refractivity contribution in [2.75, 3.05) is 11.8 Å². The number of carbonyl (C=O) groups is 2. The first-order valence-electron chi connectivity index (χ1n) is 7.97. The number of nitrogens with zero attached hydrogens (tertiary/aromatic N) is 1. The number of anilines is 1. The molecule has 0 spiro atoms. The normalized spacial score (nSPS) is 17.2. The molecule has 2 aromatic carbocycles. The number of hydrogen-bond donors (Lipinski definition) is 1. The van der Waals surface area contributed by atoms with Crippen LogP contribution in [0.3, 0.4) is 0 Å². The summed E-state index contributed by atoms with van der Waals surface area (Å²) in [6.07, 6.45) is 1.46. The first kappa shape index (κ1) is 16.5. The van der Waals surface area contributed by atoms with Crippen molar-refractivity contribution < 1.29 is 19.1 Å². The Balaban J connectivity index is 1.71. The lowest BCUT2D eigenvalue weighted by Gasteiger charge is -2.17. The van der Waals surface area contributed by atoms with Gasteiger partial charge in [0.25, 0.3) is 11.8 Å². The second kappa shape index (κ2) is 6.07. The van der Waals surface area contributed by atoms with Crippen LogP contribution in [0, 0.1) is 13.8 Å². The summed E-state index contributed by atoms with van der Waals surface area (Å²) in [5, 5.41) is 1.62. The molecule has 132 valence electrons. The van der Waals surface area contributed by atoms with E-state index in [9.17, 15) is 9.59 Å². The van der Waals surface area contributed by atoms with Gasteiger partial charge in [-0.3, -0.25) is 15.0 Å². The predicted octanol–water partition coefficient (Wildman–Crippen LogP) is 3.15. The van der Waals surface area contributed by atoms with E-state index in [1.165, 1.54) is 11.1 Å². The van der Waals surface area contributed by atoms with Gasteiger partial charge in [-0.1, -0.05) is 29.3 Å². The largest absolute Gasteiger partial charge is 0.454 e. The van der Waals surface area contributed by atoms with Crippen molar-refractivity contribution in [3.63, 3.8) is 0 Å². The van der Waals surface area contributed by atoms with Crippen molar-refractivity contribution in [3.8, 4) is 11.5 Å². The zero-order valence-electron chi connectivity index (χ0n) is 14.1. The van der Waals surface area contributed by atoms with Crippen LogP contribution < -0.4 is 19.9 Å². The van der Waals surface area contributed by atoms with Gasteiger partial charge in [-0.2, -0.15) is 0 Å². The quantitative estimate of drug-likeness (QED) is 0.651. The number of halogens is 1. The molecule has 0 radical (unpaired) electrons. The molecule has 2 aliphatic rings. The molecule has 0 bridgehead atoms. The lowest BCUT2D eigenvalue weighted by atomic mass is 10.1. The van der Waals surface area contributed by atoms with Crippen LogP contribution in [0.25, 0.3) is 6.08 Å². The van der Waals surface area contributed by atoms with Crippen LogP contribution in [0.4, 0.5) is 5.69 Å². The van der Waals surface area contributed by atoms with Gasteiger partial charge < -0.3 is 9.47 Å². The highest BCUT2D eigenvalue weighted by Crippen LogP contribution is 2.38. The molecule has 0 atom stereocenters. The van der Waals surface area contributed by atoms with Crippen LogP contribution in [-0.2, 0) is 9.59 Å². The lowest BCUT2D eigenvalue weighted by Crippen LogP contribution is -2.36. The highest BCUT2D eigenvalue weighted by molar-refractivity contribution is 6.34. The van der Waals surface area contributed by atoms with Crippen molar-refractivity contribution >= 4 is 35.2 Å². The van der Waals surface area contributed by atoms with E-state index in [0.29, 0.717) is 27.8 Å². The van der Waals surface area contributed by atoms with Crippen molar-refractivity contribution in [1.29, 1.82) is 0 Å². The number of carbonyl (C=O) groups excluding carboxylic acids is 2. The summed E-state index contributed by atoms with van der Waals surface area (Å²) in [5.74, 6) is 0.147. The molecule has 2 aliphatic heterocycles. The molecule has 0 aromatic heterocycles. The Hall–Kier alpha value is -2.99. The summed E-state index contributed by atoms with van der Waals surface area (Å²) >= 11 is 6.24. The van der Waals surface area contributed by atoms with E-state index in [4.69, 9.17) is 21.1 Å². The minimum absolute atomic E-state index is 0.00532. The second-order valence-electron chi connectivity index (χ2n) is 6.16. The Labute approximate surface area is 154 Å². The zero-order valence-corrected chi connectivity index (χ0v) is 14.9. The van der Waals surface area contributed by atoms with E-state index < -0.39 is 11.8 Å². The molecule has 1 saturated heterocycles. The third-order valence-corrected chi connectivity index (χ3v) is 4.60. The molecular weight excluding hydrogens is 356 g/mol. The molecule has 26 heavy (non-hydrogen) atoms. The number of nitrogens with one attached hydrogen (secondary N) is 1. The van der Waals surface area contributed by atoms with Gasteiger partial charge in [0.15, 0.2) is 11.5 Å². The minimum atomic E-state index is -0.483. The summed E-state index contributed by atoms with van der Waals surface area (Å²) in [5.41, 5.74) is 5.72. The van der Waals surface area contributed by atoms with Gasteiger partial charge in [0, 0.05) is 6.07 Å². The SMILES string of the molecule is Cc1ccc(N2NC(=O)C(=Cc3cc4c(cc3Cl)OCO4)C2=O)c(C)c1. The molecule has 1 fully saturated rings. The van der Waals surface area contributed by atoms with Crippen LogP contribution in [0.2, 0.25) is 5.02 Å². The molecule has 7 heteroatoms. The number of hydrazine groups is 1. The molecule has 2 heterocycles. The summed E-state index contributed by atoms with van der Waals surface area (Å²) in [4.78, 5) is 25.1. The van der Waals surface area contributed by atoms with E-state index in [0.717, 1.165) is 11.1 Å². The third kappa shape index (κ3) is 2.68. The van der Waals surface area contributed by atoms with E-state index in [1.807, 2.05) is 26.0 Å². The van der Waals surface area contributed by atoms with E-state index in [-0.39, 0.29) is 12.4 Å². The Morgan fingerprint density at radius 3 is 2.58 bits per heavy atom. The third-order valence-electron chi connectivity index (χ3n) is 4.28. The predicted molar refractivity (Wildman–Crippen MR) is 97.1 cm³/mol. The highest BCUT2D eigenvalue weighted by atomic mass is 35.5. The molecule has 2 aromatic rings. The number of hydrogen-bond acceptors (Lipinski definition) is 4. The molecule has 1 N–H and O–H groups in total. The monoisotopic (exact) mass is 370 g/mol. The maximum Gasteiger partial charge on any atom is 0.282 e. The maximum atomic E-state index is 12.8. The summed E-state index contributed by atoms with van der Waals surface area (Å²) in [7, 11) is 0. The Morgan fingerprint density at radius 2 is 1.85 bits per heavy atom. The fraction of sp³-hybridized carbons (Fsp3) is 0.158. The van der Waals surface area contributed by atoms with Gasteiger partial charge in [0.2, 0.25) is 6.79 Å². The fourth-order valence-electron chi connectivity index (χ4n) is 2.98. The lowest BCUT2D eigenvalue weighted by molar-refractivity contribution is -0.117. The van der Waals surface area contributed by atoms with Crippen LogP contribution in [0.1, 0.15) is 16.7 Å². The fourth-order valence-corrected chi connectivity index (χ4v) is 3.19. The van der Waals surface area contributed by atoms with Crippen molar-refractivity contribution in [2.24, 2.45) is 0 Å². The van der Waals surface area contributed by atoms with Gasteiger partial charge in [0.1, 0.15) is 5.57 Å². The first-order valence-corrected chi connectivity index (χ1v) is 8.35. The van der Waals surface area contributed by atoms with Gasteiger partial charge in [-0.25, -0.2) is 5.01 Å². The van der Waals surface area contributed by atoms with Crippen molar-refractivity contribution in [2.45, 2.75) is 13.8 Å². The topological polar surface area (TPSA) is 67.9 Å². The number of fused-ring (bicyclic) bond motifs is 1. The molecule has 0 saturated carbocycles. The molecule has 0 aliphatic carbocycles. The minimum Gasteiger partial charge on any atom is -0.454 e. The average molecular weight is 371 g/mol. The first-order chi connectivity index (χ1) is 12.4. The molecule has 2 amide bonds. The van der Waals surface area contributed by atoms with Gasteiger partial charge in [-0.05, 0) is 43.2 Å².